The molecule has 1 fully saturated rings. The second-order valence-corrected chi connectivity index (χ2v) is 34.6. The van der Waals surface area contributed by atoms with Crippen molar-refractivity contribution in [2.24, 2.45) is 0 Å². The van der Waals surface area contributed by atoms with Crippen LogP contribution in [0.2, 0.25) is 0 Å². The van der Waals surface area contributed by atoms with Gasteiger partial charge < -0.3 is 56.2 Å². The molecule has 0 aromatic heterocycles. The van der Waals surface area contributed by atoms with Crippen molar-refractivity contribution in [2.45, 2.75) is 264 Å². The number of hydrogen-bond acceptors (Lipinski definition) is 11. The molecule has 1 unspecified atom stereocenters. The van der Waals surface area contributed by atoms with Gasteiger partial charge in [0.25, 0.3) is 0 Å². The van der Waals surface area contributed by atoms with E-state index in [1.54, 1.807) is 87.0 Å². The number of rotatable bonds is 29. The van der Waals surface area contributed by atoms with Gasteiger partial charge in [-0.25, -0.2) is 0 Å². The molecule has 0 bridgehead atoms. The summed E-state index contributed by atoms with van der Waals surface area (Å²) in [5, 5.41) is 104. The molecule has 10 atom stereocenters. The number of hydrogen-bond donors (Lipinski definition) is 11. The largest absolute Gasteiger partial charge is 0.393 e. The van der Waals surface area contributed by atoms with Crippen molar-refractivity contribution in [3.05, 3.63) is 467 Å². The van der Waals surface area contributed by atoms with Gasteiger partial charge in [-0.2, -0.15) is 0 Å². The van der Waals surface area contributed by atoms with E-state index in [-0.39, 0.29) is 12.7 Å². The smallest absolute Gasteiger partial charge is 0.109 e. The van der Waals surface area contributed by atoms with Crippen molar-refractivity contribution in [3.63, 3.8) is 0 Å². The predicted molar refractivity (Wildman–Crippen MR) is 583 cm³/mol. The van der Waals surface area contributed by atoms with Gasteiger partial charge in [-0.05, 0) is 178 Å². The molecule has 2 aliphatic rings. The summed E-state index contributed by atoms with van der Waals surface area (Å²) in [6.45, 7) is 23.0. The van der Waals surface area contributed by atoms with Crippen LogP contribution in [-0.2, 0) is 0 Å². The third-order valence-corrected chi connectivity index (χ3v) is 22.0. The third-order valence-electron chi connectivity index (χ3n) is 22.0. The molecule has 12 aromatic rings. The fourth-order valence-electron chi connectivity index (χ4n) is 14.0. The summed E-state index contributed by atoms with van der Waals surface area (Å²) in [5.41, 5.74) is 14.4. The second kappa shape index (κ2) is 77.7. The lowest BCUT2D eigenvalue weighted by Gasteiger charge is -2.27. The van der Waals surface area contributed by atoms with Crippen molar-refractivity contribution >= 4 is 36.0 Å². The van der Waals surface area contributed by atoms with Crippen LogP contribution in [0.3, 0.4) is 0 Å². The molecule has 137 heavy (non-hydrogen) atoms. The van der Waals surface area contributed by atoms with E-state index in [0.717, 1.165) is 79.2 Å². The average Bonchev–Trinajstić information content (AvgIpc) is 0.862. The van der Waals surface area contributed by atoms with E-state index in [2.05, 4.69) is 206 Å². The van der Waals surface area contributed by atoms with Gasteiger partial charge in [-0.3, -0.25) is 0 Å². The zero-order valence-electron chi connectivity index (χ0n) is 83.6. The Morgan fingerprint density at radius 2 is 0.715 bits per heavy atom. The van der Waals surface area contributed by atoms with Crippen LogP contribution in [0.1, 0.15) is 301 Å². The highest BCUT2D eigenvalue weighted by atomic mass is 16.3. The Morgan fingerprint density at radius 1 is 0.387 bits per heavy atom. The molecule has 12 aromatic carbocycles. The molecule has 1 saturated carbocycles. The minimum absolute atomic E-state index is 0.115. The van der Waals surface area contributed by atoms with Crippen molar-refractivity contribution in [1.82, 2.24) is 0 Å². The summed E-state index contributed by atoms with van der Waals surface area (Å²) < 4.78 is 0. The highest BCUT2D eigenvalue weighted by Crippen LogP contribution is 2.34. The summed E-state index contributed by atoms with van der Waals surface area (Å²) in [4.78, 5) is 0. The van der Waals surface area contributed by atoms with Crippen LogP contribution in [-0.4, -0.2) is 92.8 Å². The van der Waals surface area contributed by atoms with Crippen LogP contribution in [0.4, 0.5) is 0 Å². The summed E-state index contributed by atoms with van der Waals surface area (Å²) in [6, 6.07) is 118. The number of benzene rings is 12. The lowest BCUT2D eigenvalue weighted by molar-refractivity contribution is -0.0496. The Balaban J connectivity index is 0.000000386. The fourth-order valence-corrected chi connectivity index (χ4v) is 14.0. The van der Waals surface area contributed by atoms with Crippen molar-refractivity contribution in [2.75, 3.05) is 6.61 Å². The first-order valence-corrected chi connectivity index (χ1v) is 49.4. The maximum Gasteiger partial charge on any atom is 0.109 e. The summed E-state index contributed by atoms with van der Waals surface area (Å²) >= 11 is 0. The average molecular weight is 1850 g/mol. The van der Waals surface area contributed by atoms with Gasteiger partial charge in [-0.15, -0.1) is 0 Å². The highest BCUT2D eigenvalue weighted by Gasteiger charge is 2.26. The fraction of sp³-hybridized carbons (Fsp3) is 0.333. The third kappa shape index (κ3) is 57.5. The molecule has 734 valence electrons. The first kappa shape index (κ1) is 120. The van der Waals surface area contributed by atoms with Gasteiger partial charge in [0.1, 0.15) is 30.5 Å². The predicted octanol–water partition coefficient (Wildman–Crippen LogP) is 30.1. The SMILES string of the molecule is C(=C\c1ccccc1)/c1ccccc1.C/C=C/c1ccccc1.C1=C(c2ccccc2)CCCC1.C=Cc1ccccc1.CC(C)(O)[C@H](O)c1ccccc1.CC(C)=Cc1ccccc1.CCCC/C=C/CCCC.CCCC[C@@H](O)[C@H](O)CCCC.C[C@@H](O)[C@H](O)c1ccccc1.OC[C@H](O)c1ccccc1.O[C@H](c1ccccc1)[C@H](O)c1ccccc1.O[C@H]1CCCCC1c1ccccc1. The lowest BCUT2D eigenvalue weighted by Crippen LogP contribution is -2.28. The second-order valence-electron chi connectivity index (χ2n) is 34.6. The zero-order valence-corrected chi connectivity index (χ0v) is 83.6. The van der Waals surface area contributed by atoms with Crippen LogP contribution in [0, 0.1) is 0 Å². The first-order valence-electron chi connectivity index (χ1n) is 49.4. The minimum atomic E-state index is -1.08. The van der Waals surface area contributed by atoms with Crippen LogP contribution < -0.4 is 0 Å². The number of aliphatic hydroxyl groups excluding tert-OH is 10. The molecule has 0 radical (unpaired) electrons. The van der Waals surface area contributed by atoms with Gasteiger partial charge in [-0.1, -0.05) is 523 Å². The highest BCUT2D eigenvalue weighted by molar-refractivity contribution is 5.69. The van der Waals surface area contributed by atoms with Gasteiger partial charge in [0, 0.05) is 5.92 Å². The molecule has 0 heterocycles. The summed E-state index contributed by atoms with van der Waals surface area (Å²) in [5.74, 6) is 0.384. The lowest BCUT2D eigenvalue weighted by atomic mass is 9.82. The van der Waals surface area contributed by atoms with Gasteiger partial charge in [0.2, 0.25) is 0 Å². The molecule has 0 saturated heterocycles. The topological polar surface area (TPSA) is 223 Å². The van der Waals surface area contributed by atoms with Gasteiger partial charge in [0.05, 0.1) is 36.6 Å². The van der Waals surface area contributed by atoms with E-state index in [9.17, 15) is 40.9 Å². The van der Waals surface area contributed by atoms with Crippen LogP contribution in [0.5, 0.6) is 0 Å². The Morgan fingerprint density at radius 3 is 1.04 bits per heavy atom. The van der Waals surface area contributed by atoms with E-state index in [1.807, 2.05) is 207 Å². The maximum absolute atomic E-state index is 9.99. The first-order chi connectivity index (χ1) is 66.4. The van der Waals surface area contributed by atoms with Gasteiger partial charge >= 0.3 is 0 Å². The monoisotopic (exact) mass is 1850 g/mol. The van der Waals surface area contributed by atoms with Crippen molar-refractivity contribution in [3.8, 4) is 0 Å². The number of aliphatic hydroxyl groups is 11. The van der Waals surface area contributed by atoms with E-state index < -0.39 is 54.4 Å². The molecule has 0 amide bonds. The number of allylic oxidation sites excluding steroid dienone is 6. The summed E-state index contributed by atoms with van der Waals surface area (Å²) in [6.07, 6.45) is 36.8. The van der Waals surface area contributed by atoms with Crippen molar-refractivity contribution in [1.29, 1.82) is 0 Å². The van der Waals surface area contributed by atoms with Gasteiger partial charge in [0.15, 0.2) is 0 Å². The molecule has 0 aliphatic heterocycles. The molecule has 14 rings (SSSR count). The maximum atomic E-state index is 9.99. The molecule has 11 N–H and O–H groups in total. The van der Waals surface area contributed by atoms with Crippen molar-refractivity contribution < 1.29 is 56.2 Å². The van der Waals surface area contributed by atoms with Crippen LogP contribution in [0.15, 0.2) is 400 Å². The Kier molecular flexibility index (Phi) is 67.9. The molecule has 11 heteroatoms. The van der Waals surface area contributed by atoms with E-state index >= 15 is 0 Å². The minimum Gasteiger partial charge on any atom is -0.393 e. The zero-order chi connectivity index (χ0) is 100.0. The Labute approximate surface area is 824 Å². The van der Waals surface area contributed by atoms with Crippen LogP contribution in [0.25, 0.3) is 36.0 Å². The Hall–Kier alpha value is -11.4. The summed E-state index contributed by atoms with van der Waals surface area (Å²) in [7, 11) is 0. The molecule has 2 aliphatic carbocycles. The molecule has 0 spiro atoms. The standard InChI is InChI=1S/C14H14O2.C14H12.C12H16O.C12H14.C10H14O2.C10H22O2.C10H12.C10H20.C9H12O2.C9H10.C8H10O2.C8H8/c15-13(11-7-3-1-4-8-11)14(16)12-9-5-2-6-10-12;1-3-7-13(8-4-1)11-12-14-9-5-2-6-10-14;13-12-9-5-4-8-11(12)10-6-2-1-3-7-10;1-3-7-11(8-4-1)12-9-5-2-6-10-12;1-10(2,12)9(11)8-6-4-3-5-7-8;1-3-5-7-9(11)10(12)8-6-4-2;1-9(2)8-10-6-4-3-5-7-10;1-3-5-7-9-10-8-6-4-2;1-7(10)9(11)8-5-3-2-4-6-8;1-2-6-9-7-4-3-5-8-9;9-6-8(10)7-4-2-1-3-5-7;1-2-8-6-4-3-5-7-8/h1-10,13-16H;1-12H;1-3,6-7,11-13H,4-5,8-9H2;1,3-4,7-9H,2,5-6,10H2;3-7,9,11-12H,1-2H3;9-12H,3-8H2,1-2H3;3-8H,1-2H3;9-10H,3-8H2,1-2H3;2-7,9-11H,1H3;2-8H,1H3;1-5,8-10H,6H2;2-7H,1H2/b;12-11+;;;;;;10-9+;;6-2+;;/t13-,14-;;11?,12-;;9-;9-,10-;;;7-,9+;;8-;/m1.0.11..1.0./s1. The van der Waals surface area contributed by atoms with E-state index in [0.29, 0.717) is 5.92 Å². The van der Waals surface area contributed by atoms with E-state index in [4.69, 9.17) is 15.3 Å². The molecular formula is C126H164O11. The number of unbranched alkanes of at least 4 members (excludes halogenated alkanes) is 6. The van der Waals surface area contributed by atoms with Crippen LogP contribution >= 0.6 is 0 Å². The molecular weight excluding hydrogens is 1690 g/mol. The quantitative estimate of drug-likeness (QED) is 0.0120. The molecule has 11 nitrogen and oxygen atoms in total. The Bertz CT molecular complexity index is 4810. The van der Waals surface area contributed by atoms with E-state index in [1.165, 1.54) is 122 Å². The normalized spacial score (nSPS) is 14.5.